The van der Waals surface area contributed by atoms with Gasteiger partial charge in [0.1, 0.15) is 5.75 Å². The van der Waals surface area contributed by atoms with Gasteiger partial charge in [0.15, 0.2) is 6.61 Å². The van der Waals surface area contributed by atoms with Gasteiger partial charge < -0.3 is 10.1 Å². The van der Waals surface area contributed by atoms with Crippen LogP contribution < -0.4 is 10.1 Å². The molecular weight excluding hydrogens is 290 g/mol. The summed E-state index contributed by atoms with van der Waals surface area (Å²) in [5, 5.41) is 7.45. The van der Waals surface area contributed by atoms with Crippen molar-refractivity contribution in [1.29, 1.82) is 0 Å². The minimum absolute atomic E-state index is 0.0251. The first-order chi connectivity index (χ1) is 10.1. The maximum Gasteiger partial charge on any atom is 0.258 e. The number of ether oxygens (including phenoxy) is 1. The molecule has 2 aromatic rings. The van der Waals surface area contributed by atoms with Crippen LogP contribution >= 0.6 is 11.6 Å². The molecule has 112 valence electrons. The molecule has 0 fully saturated rings. The zero-order valence-corrected chi connectivity index (χ0v) is 12.9. The number of hydrogen-bond acceptors (Lipinski definition) is 3. The predicted octanol–water partition coefficient (Wildman–Crippen LogP) is 2.56. The summed E-state index contributed by atoms with van der Waals surface area (Å²) in [7, 11) is 0. The van der Waals surface area contributed by atoms with Gasteiger partial charge in [-0.3, -0.25) is 9.48 Å². The van der Waals surface area contributed by atoms with E-state index < -0.39 is 0 Å². The quantitative estimate of drug-likeness (QED) is 0.892. The molecule has 2 rings (SSSR count). The molecule has 5 nitrogen and oxygen atoms in total. The number of benzene rings is 1. The van der Waals surface area contributed by atoms with Crippen molar-refractivity contribution in [3.8, 4) is 5.75 Å². The Kier molecular flexibility index (Phi) is 5.22. The number of nitrogens with one attached hydrogen (secondary N) is 1. The number of carbonyl (C=O) groups excluding carboxylic acids is 1. The predicted molar refractivity (Wildman–Crippen MR) is 81.4 cm³/mol. The summed E-state index contributed by atoms with van der Waals surface area (Å²) < 4.78 is 7.24. The van der Waals surface area contributed by atoms with Crippen LogP contribution in [0.1, 0.15) is 18.2 Å². The third kappa shape index (κ3) is 3.98. The van der Waals surface area contributed by atoms with E-state index in [0.717, 1.165) is 11.3 Å². The van der Waals surface area contributed by atoms with E-state index in [9.17, 15) is 4.79 Å². The van der Waals surface area contributed by atoms with Crippen LogP contribution in [0.25, 0.3) is 0 Å². The van der Waals surface area contributed by atoms with Crippen LogP contribution in [-0.2, 0) is 17.9 Å². The lowest BCUT2D eigenvalue weighted by molar-refractivity contribution is -0.123. The minimum Gasteiger partial charge on any atom is -0.484 e. The van der Waals surface area contributed by atoms with Crippen molar-refractivity contribution in [2.24, 2.45) is 0 Å². The van der Waals surface area contributed by atoms with Crippen LogP contribution in [0.15, 0.2) is 30.5 Å². The number of halogens is 1. The maximum atomic E-state index is 11.8. The van der Waals surface area contributed by atoms with Gasteiger partial charge in [-0.25, -0.2) is 0 Å². The molecule has 0 aliphatic rings. The van der Waals surface area contributed by atoms with E-state index >= 15 is 0 Å². The van der Waals surface area contributed by atoms with E-state index in [2.05, 4.69) is 10.4 Å². The zero-order chi connectivity index (χ0) is 15.2. The number of aryl methyl sites for hydroxylation is 2. The Bertz CT molecular complexity index is 625. The standard InChI is InChI=1S/C15H18ClN3O2/c1-3-19-13(12(16)8-18-19)9-17-15(20)10-21-14-7-5-4-6-11(14)2/h4-8H,3,9-10H2,1-2H3,(H,17,20). The van der Waals surface area contributed by atoms with E-state index in [0.29, 0.717) is 23.9 Å². The fourth-order valence-electron chi connectivity index (χ4n) is 1.93. The molecule has 1 aromatic carbocycles. The summed E-state index contributed by atoms with van der Waals surface area (Å²) in [4.78, 5) is 11.8. The monoisotopic (exact) mass is 307 g/mol. The highest BCUT2D eigenvalue weighted by Crippen LogP contribution is 2.16. The Hall–Kier alpha value is -2.01. The van der Waals surface area contributed by atoms with Crippen LogP contribution in [0.2, 0.25) is 5.02 Å². The molecule has 0 aliphatic carbocycles. The van der Waals surface area contributed by atoms with E-state index in [-0.39, 0.29) is 12.5 Å². The van der Waals surface area contributed by atoms with Gasteiger partial charge in [0, 0.05) is 6.54 Å². The van der Waals surface area contributed by atoms with E-state index in [1.165, 1.54) is 0 Å². The number of carbonyl (C=O) groups is 1. The van der Waals surface area contributed by atoms with Gasteiger partial charge in [0.05, 0.1) is 23.5 Å². The lowest BCUT2D eigenvalue weighted by Crippen LogP contribution is -2.29. The molecule has 1 N–H and O–H groups in total. The van der Waals surface area contributed by atoms with Gasteiger partial charge in [-0.15, -0.1) is 0 Å². The smallest absolute Gasteiger partial charge is 0.258 e. The highest BCUT2D eigenvalue weighted by Gasteiger charge is 2.10. The van der Waals surface area contributed by atoms with Crippen LogP contribution in [0.5, 0.6) is 5.75 Å². The molecule has 21 heavy (non-hydrogen) atoms. The average molecular weight is 308 g/mol. The zero-order valence-electron chi connectivity index (χ0n) is 12.1. The highest BCUT2D eigenvalue weighted by atomic mass is 35.5. The van der Waals surface area contributed by atoms with Gasteiger partial charge in [-0.1, -0.05) is 29.8 Å². The Balaban J connectivity index is 1.85. The van der Waals surface area contributed by atoms with Crippen molar-refractivity contribution < 1.29 is 9.53 Å². The second-order valence-electron chi connectivity index (χ2n) is 4.59. The second kappa shape index (κ2) is 7.13. The molecule has 6 heteroatoms. The normalized spacial score (nSPS) is 10.4. The molecule has 0 spiro atoms. The summed E-state index contributed by atoms with van der Waals surface area (Å²) in [5.41, 5.74) is 1.79. The fraction of sp³-hybridized carbons (Fsp3) is 0.333. The average Bonchev–Trinajstić information content (AvgIpc) is 2.84. The van der Waals surface area contributed by atoms with Gasteiger partial charge in [-0.05, 0) is 25.5 Å². The summed E-state index contributed by atoms with van der Waals surface area (Å²) >= 11 is 6.04. The first kappa shape index (κ1) is 15.4. The Morgan fingerprint density at radius 1 is 1.43 bits per heavy atom. The molecule has 0 atom stereocenters. The third-order valence-corrected chi connectivity index (χ3v) is 3.42. The largest absolute Gasteiger partial charge is 0.484 e. The van der Waals surface area contributed by atoms with Crippen molar-refractivity contribution in [1.82, 2.24) is 15.1 Å². The highest BCUT2D eigenvalue weighted by molar-refractivity contribution is 6.31. The molecule has 0 radical (unpaired) electrons. The van der Waals surface area contributed by atoms with Crippen molar-refractivity contribution in [3.05, 3.63) is 46.7 Å². The number of hydrogen-bond donors (Lipinski definition) is 1. The molecule has 0 bridgehead atoms. The van der Waals surface area contributed by atoms with Crippen LogP contribution in [0.3, 0.4) is 0 Å². The molecule has 0 unspecified atom stereocenters. The van der Waals surface area contributed by atoms with Crippen molar-refractivity contribution in [2.45, 2.75) is 26.9 Å². The topological polar surface area (TPSA) is 56.2 Å². The SMILES string of the molecule is CCn1ncc(Cl)c1CNC(=O)COc1ccccc1C. The van der Waals surface area contributed by atoms with Gasteiger partial charge in [0.25, 0.3) is 5.91 Å². The number of para-hydroxylation sites is 1. The lowest BCUT2D eigenvalue weighted by Gasteiger charge is -2.10. The number of aromatic nitrogens is 2. The number of rotatable bonds is 6. The summed E-state index contributed by atoms with van der Waals surface area (Å²) in [5.74, 6) is 0.516. The number of amides is 1. The first-order valence-electron chi connectivity index (χ1n) is 6.77. The fourth-order valence-corrected chi connectivity index (χ4v) is 2.14. The van der Waals surface area contributed by atoms with E-state index in [1.54, 1.807) is 10.9 Å². The number of nitrogens with zero attached hydrogens (tertiary/aromatic N) is 2. The minimum atomic E-state index is -0.196. The molecule has 1 heterocycles. The van der Waals surface area contributed by atoms with Gasteiger partial charge in [0.2, 0.25) is 0 Å². The summed E-state index contributed by atoms with van der Waals surface area (Å²) in [6.45, 7) is 4.92. The summed E-state index contributed by atoms with van der Waals surface area (Å²) in [6, 6.07) is 7.58. The first-order valence-corrected chi connectivity index (χ1v) is 7.15. The second-order valence-corrected chi connectivity index (χ2v) is 4.99. The lowest BCUT2D eigenvalue weighted by atomic mass is 10.2. The van der Waals surface area contributed by atoms with Crippen molar-refractivity contribution in [2.75, 3.05) is 6.61 Å². The van der Waals surface area contributed by atoms with Crippen LogP contribution in [-0.4, -0.2) is 22.3 Å². The maximum absolute atomic E-state index is 11.8. The Morgan fingerprint density at radius 3 is 2.90 bits per heavy atom. The summed E-state index contributed by atoms with van der Waals surface area (Å²) in [6.07, 6.45) is 1.58. The van der Waals surface area contributed by atoms with Crippen molar-refractivity contribution >= 4 is 17.5 Å². The van der Waals surface area contributed by atoms with E-state index in [1.807, 2.05) is 38.1 Å². The van der Waals surface area contributed by atoms with Crippen LogP contribution in [0, 0.1) is 6.92 Å². The third-order valence-electron chi connectivity index (χ3n) is 3.10. The van der Waals surface area contributed by atoms with Gasteiger partial charge >= 0.3 is 0 Å². The molecule has 0 saturated carbocycles. The molecule has 1 amide bonds. The molecule has 0 saturated heterocycles. The molecule has 1 aromatic heterocycles. The van der Waals surface area contributed by atoms with E-state index in [4.69, 9.17) is 16.3 Å². The van der Waals surface area contributed by atoms with Crippen molar-refractivity contribution in [3.63, 3.8) is 0 Å². The Labute approximate surface area is 128 Å². The van der Waals surface area contributed by atoms with Gasteiger partial charge in [-0.2, -0.15) is 5.10 Å². The molecular formula is C15H18ClN3O2. The van der Waals surface area contributed by atoms with Crippen LogP contribution in [0.4, 0.5) is 0 Å². The molecule has 0 aliphatic heterocycles. The Morgan fingerprint density at radius 2 is 2.19 bits per heavy atom.